The van der Waals surface area contributed by atoms with Crippen LogP contribution in [0.5, 0.6) is 5.75 Å². The lowest BCUT2D eigenvalue weighted by atomic mass is 10.2. The smallest absolute Gasteiger partial charge is 0.215 e. The molecule has 0 saturated heterocycles. The molecule has 16 heavy (non-hydrogen) atoms. The lowest BCUT2D eigenvalue weighted by Crippen LogP contribution is -1.95. The van der Waals surface area contributed by atoms with E-state index in [1.54, 1.807) is 6.21 Å². The van der Waals surface area contributed by atoms with Gasteiger partial charge in [-0.3, -0.25) is 0 Å². The van der Waals surface area contributed by atoms with Crippen molar-refractivity contribution in [3.8, 4) is 5.75 Å². The van der Waals surface area contributed by atoms with Crippen LogP contribution in [-0.2, 0) is 0 Å². The first-order valence-electron chi connectivity index (χ1n) is 5.57. The number of aryl methyl sites for hydroxylation is 1. The van der Waals surface area contributed by atoms with E-state index in [1.165, 1.54) is 5.56 Å². The Bertz CT molecular complexity index is 374. The maximum atomic E-state index is 5.68. The van der Waals surface area contributed by atoms with Crippen molar-refractivity contribution in [2.24, 2.45) is 10.9 Å². The van der Waals surface area contributed by atoms with Gasteiger partial charge in [0.25, 0.3) is 0 Å². The molecule has 1 rings (SSSR count). The molecule has 0 amide bonds. The van der Waals surface area contributed by atoms with Crippen molar-refractivity contribution in [2.75, 3.05) is 0 Å². The van der Waals surface area contributed by atoms with Crippen molar-refractivity contribution in [2.45, 2.75) is 27.7 Å². The first-order valence-corrected chi connectivity index (χ1v) is 5.57. The summed E-state index contributed by atoms with van der Waals surface area (Å²) in [5.41, 5.74) is 1.22. The lowest BCUT2D eigenvalue weighted by molar-refractivity contribution is 0.415. The topological polar surface area (TPSA) is 21.6 Å². The second kappa shape index (κ2) is 6.11. The molecule has 0 aromatic heterocycles. The Kier molecular flexibility index (Phi) is 4.77. The second-order valence-electron chi connectivity index (χ2n) is 4.05. The van der Waals surface area contributed by atoms with Gasteiger partial charge in [-0.05, 0) is 38.0 Å². The molecule has 1 aromatic rings. The van der Waals surface area contributed by atoms with Crippen LogP contribution in [0.4, 0.5) is 0 Å². The molecular weight excluding hydrogens is 198 g/mol. The minimum absolute atomic E-state index is 0.421. The Morgan fingerprint density at radius 3 is 2.38 bits per heavy atom. The van der Waals surface area contributed by atoms with Crippen LogP contribution in [0.1, 0.15) is 26.3 Å². The molecule has 2 nitrogen and oxygen atoms in total. The third-order valence-electron chi connectivity index (χ3n) is 1.98. The summed E-state index contributed by atoms with van der Waals surface area (Å²) in [5, 5.41) is 0. The van der Waals surface area contributed by atoms with Crippen molar-refractivity contribution in [1.29, 1.82) is 0 Å². The van der Waals surface area contributed by atoms with Gasteiger partial charge >= 0.3 is 0 Å². The summed E-state index contributed by atoms with van der Waals surface area (Å²) < 4.78 is 5.68. The molecule has 2 heteroatoms. The number of benzene rings is 1. The monoisotopic (exact) mass is 217 g/mol. The fourth-order valence-corrected chi connectivity index (χ4v) is 1.24. The van der Waals surface area contributed by atoms with Crippen LogP contribution in [0.25, 0.3) is 0 Å². The molecule has 0 saturated carbocycles. The standard InChI is InChI=1S/C14H19NO/c1-5-15-14(10-11(2)3)16-13-8-6-12(4)7-9-13/h5-11H,1-4H3/b14-10+,15-5-. The lowest BCUT2D eigenvalue weighted by Gasteiger charge is -2.07. The predicted octanol–water partition coefficient (Wildman–Crippen LogP) is 3.96. The maximum absolute atomic E-state index is 5.68. The van der Waals surface area contributed by atoms with Crippen molar-refractivity contribution in [3.05, 3.63) is 41.8 Å². The van der Waals surface area contributed by atoms with Crippen LogP contribution >= 0.6 is 0 Å². The summed E-state index contributed by atoms with van der Waals surface area (Å²) in [6.07, 6.45) is 3.74. The fraction of sp³-hybridized carbons (Fsp3) is 0.357. The van der Waals surface area contributed by atoms with Crippen molar-refractivity contribution < 1.29 is 4.74 Å². The minimum Gasteiger partial charge on any atom is -0.439 e. The van der Waals surface area contributed by atoms with E-state index in [2.05, 4.69) is 25.8 Å². The normalized spacial score (nSPS) is 12.4. The van der Waals surface area contributed by atoms with E-state index in [4.69, 9.17) is 4.74 Å². The highest BCUT2D eigenvalue weighted by molar-refractivity contribution is 5.55. The first kappa shape index (κ1) is 12.5. The van der Waals surface area contributed by atoms with Gasteiger partial charge in [0, 0.05) is 6.21 Å². The molecule has 0 aliphatic carbocycles. The number of allylic oxidation sites excluding steroid dienone is 1. The average molecular weight is 217 g/mol. The van der Waals surface area contributed by atoms with Gasteiger partial charge in [-0.25, -0.2) is 4.99 Å². The molecule has 0 bridgehead atoms. The van der Waals surface area contributed by atoms with Crippen molar-refractivity contribution >= 4 is 6.21 Å². The van der Waals surface area contributed by atoms with E-state index in [0.29, 0.717) is 11.8 Å². The number of aliphatic imine (C=N–C) groups is 1. The summed E-state index contributed by atoms with van der Waals surface area (Å²) in [6.45, 7) is 8.14. The number of rotatable bonds is 4. The van der Waals surface area contributed by atoms with Crippen LogP contribution in [0, 0.1) is 12.8 Å². The van der Waals surface area contributed by atoms with E-state index < -0.39 is 0 Å². The number of hydrogen-bond acceptors (Lipinski definition) is 2. The highest BCUT2D eigenvalue weighted by Crippen LogP contribution is 2.16. The minimum atomic E-state index is 0.421. The molecule has 0 atom stereocenters. The zero-order valence-corrected chi connectivity index (χ0v) is 10.4. The largest absolute Gasteiger partial charge is 0.439 e. The van der Waals surface area contributed by atoms with Crippen molar-refractivity contribution in [3.63, 3.8) is 0 Å². The van der Waals surface area contributed by atoms with E-state index in [1.807, 2.05) is 37.3 Å². The number of nitrogens with zero attached hydrogens (tertiary/aromatic N) is 1. The molecule has 0 heterocycles. The Labute approximate surface area is 97.7 Å². The van der Waals surface area contributed by atoms with E-state index in [-0.39, 0.29) is 0 Å². The molecule has 0 spiro atoms. The van der Waals surface area contributed by atoms with Gasteiger partial charge in [-0.1, -0.05) is 31.5 Å². The molecule has 86 valence electrons. The maximum Gasteiger partial charge on any atom is 0.215 e. The van der Waals surface area contributed by atoms with Crippen LogP contribution < -0.4 is 4.74 Å². The zero-order chi connectivity index (χ0) is 12.0. The van der Waals surface area contributed by atoms with Gasteiger partial charge < -0.3 is 4.74 Å². The Morgan fingerprint density at radius 1 is 1.25 bits per heavy atom. The van der Waals surface area contributed by atoms with Crippen LogP contribution in [-0.4, -0.2) is 6.21 Å². The van der Waals surface area contributed by atoms with E-state index >= 15 is 0 Å². The highest BCUT2D eigenvalue weighted by Gasteiger charge is 1.99. The quantitative estimate of drug-likeness (QED) is 0.552. The van der Waals surface area contributed by atoms with Gasteiger partial charge in [0.2, 0.25) is 5.88 Å². The third kappa shape index (κ3) is 4.30. The Hall–Kier alpha value is -1.57. The molecule has 0 aliphatic rings. The fourth-order valence-electron chi connectivity index (χ4n) is 1.24. The summed E-state index contributed by atoms with van der Waals surface area (Å²) in [6, 6.07) is 7.96. The molecular formula is C14H19NO. The second-order valence-corrected chi connectivity index (χ2v) is 4.05. The van der Waals surface area contributed by atoms with Crippen molar-refractivity contribution in [1.82, 2.24) is 0 Å². The predicted molar refractivity (Wildman–Crippen MR) is 68.9 cm³/mol. The number of hydrogen-bond donors (Lipinski definition) is 0. The summed E-state index contributed by atoms with van der Waals surface area (Å²) in [4.78, 5) is 4.20. The van der Waals surface area contributed by atoms with E-state index in [0.717, 1.165) is 5.75 Å². The third-order valence-corrected chi connectivity index (χ3v) is 1.98. The average Bonchev–Trinajstić information content (AvgIpc) is 2.21. The SMILES string of the molecule is C/C=N\C(=C/C(C)C)Oc1ccc(C)cc1. The molecule has 0 N–H and O–H groups in total. The Morgan fingerprint density at radius 2 is 1.88 bits per heavy atom. The van der Waals surface area contributed by atoms with Crippen LogP contribution in [0.2, 0.25) is 0 Å². The van der Waals surface area contributed by atoms with Gasteiger partial charge in [0.15, 0.2) is 0 Å². The summed E-state index contributed by atoms with van der Waals surface area (Å²) >= 11 is 0. The molecule has 0 radical (unpaired) electrons. The summed E-state index contributed by atoms with van der Waals surface area (Å²) in [7, 11) is 0. The van der Waals surface area contributed by atoms with Gasteiger partial charge in [0.05, 0.1) is 0 Å². The van der Waals surface area contributed by atoms with E-state index in [9.17, 15) is 0 Å². The molecule has 1 aromatic carbocycles. The molecule has 0 unspecified atom stereocenters. The van der Waals surface area contributed by atoms with Crippen LogP contribution in [0.3, 0.4) is 0 Å². The number of ether oxygens (including phenoxy) is 1. The van der Waals surface area contributed by atoms with Gasteiger partial charge in [-0.2, -0.15) is 0 Å². The first-order chi connectivity index (χ1) is 7.61. The highest BCUT2D eigenvalue weighted by atomic mass is 16.5. The molecule has 0 aliphatic heterocycles. The van der Waals surface area contributed by atoms with Gasteiger partial charge in [0.1, 0.15) is 5.75 Å². The zero-order valence-electron chi connectivity index (χ0n) is 10.4. The Balaban J connectivity index is 2.79. The molecule has 0 fully saturated rings. The van der Waals surface area contributed by atoms with Gasteiger partial charge in [-0.15, -0.1) is 0 Å². The van der Waals surface area contributed by atoms with Crippen LogP contribution in [0.15, 0.2) is 41.2 Å². The summed E-state index contributed by atoms with van der Waals surface area (Å²) in [5.74, 6) is 1.90.